The monoisotopic (exact) mass is 308 g/mol. The van der Waals surface area contributed by atoms with Crippen molar-refractivity contribution in [3.63, 3.8) is 0 Å². The summed E-state index contributed by atoms with van der Waals surface area (Å²) >= 11 is 1.63. The molecule has 2 N–H and O–H groups in total. The lowest BCUT2D eigenvalue weighted by atomic mass is 10.3. The molecule has 0 bridgehead atoms. The smallest absolute Gasteiger partial charge is 0.242 e. The molecule has 6 heteroatoms. The summed E-state index contributed by atoms with van der Waals surface area (Å²) in [6.07, 6.45) is 1.87. The van der Waals surface area contributed by atoms with Gasteiger partial charge in [0, 0.05) is 12.6 Å². The number of para-hydroxylation sites is 1. The van der Waals surface area contributed by atoms with Crippen LogP contribution in [-0.4, -0.2) is 14.5 Å². The molecule has 20 heavy (non-hydrogen) atoms. The molecule has 1 aromatic heterocycles. The first kappa shape index (κ1) is 13.6. The zero-order valence-corrected chi connectivity index (χ0v) is 12.5. The number of benzene rings is 1. The number of nitrogens with one attached hydrogen (secondary N) is 2. The van der Waals surface area contributed by atoms with Gasteiger partial charge in [-0.25, -0.2) is 13.1 Å². The Morgan fingerprint density at radius 3 is 2.70 bits per heavy atom. The van der Waals surface area contributed by atoms with Gasteiger partial charge in [-0.15, -0.1) is 0 Å². The van der Waals surface area contributed by atoms with Gasteiger partial charge in [0.1, 0.15) is 4.90 Å². The Bertz CT molecular complexity index is 677. The number of anilines is 1. The fourth-order valence-electron chi connectivity index (χ4n) is 1.92. The minimum absolute atomic E-state index is 0.116. The maximum absolute atomic E-state index is 12.3. The molecule has 1 aliphatic carbocycles. The van der Waals surface area contributed by atoms with Crippen LogP contribution in [0, 0.1) is 0 Å². The van der Waals surface area contributed by atoms with Crippen molar-refractivity contribution in [3.8, 4) is 0 Å². The van der Waals surface area contributed by atoms with Crippen LogP contribution in [0.4, 0.5) is 5.69 Å². The van der Waals surface area contributed by atoms with Crippen LogP contribution < -0.4 is 10.0 Å². The van der Waals surface area contributed by atoms with Crippen molar-refractivity contribution in [1.29, 1.82) is 0 Å². The Labute approximate surface area is 122 Å². The van der Waals surface area contributed by atoms with E-state index in [4.69, 9.17) is 0 Å². The molecule has 2 aromatic rings. The Kier molecular flexibility index (Phi) is 3.78. The molecule has 0 atom stereocenters. The van der Waals surface area contributed by atoms with Crippen molar-refractivity contribution < 1.29 is 8.42 Å². The van der Waals surface area contributed by atoms with E-state index in [1.54, 1.807) is 29.5 Å². The van der Waals surface area contributed by atoms with Crippen LogP contribution in [0.1, 0.15) is 18.4 Å². The van der Waals surface area contributed by atoms with E-state index in [1.165, 1.54) is 0 Å². The van der Waals surface area contributed by atoms with Crippen molar-refractivity contribution in [1.82, 2.24) is 4.72 Å². The summed E-state index contributed by atoms with van der Waals surface area (Å²) < 4.78 is 27.3. The zero-order chi connectivity index (χ0) is 14.0. The van der Waals surface area contributed by atoms with Gasteiger partial charge < -0.3 is 5.32 Å². The lowest BCUT2D eigenvalue weighted by molar-refractivity contribution is 0.581. The minimum atomic E-state index is -3.43. The summed E-state index contributed by atoms with van der Waals surface area (Å²) in [6.45, 7) is 0.624. The van der Waals surface area contributed by atoms with E-state index >= 15 is 0 Å². The van der Waals surface area contributed by atoms with Gasteiger partial charge in [0.25, 0.3) is 0 Å². The molecule has 0 amide bonds. The molecule has 1 aliphatic rings. The van der Waals surface area contributed by atoms with Crippen LogP contribution in [0.3, 0.4) is 0 Å². The topological polar surface area (TPSA) is 58.2 Å². The first-order chi connectivity index (χ1) is 9.65. The normalized spacial score (nSPS) is 15.2. The molecule has 1 saturated carbocycles. The Morgan fingerprint density at radius 2 is 2.00 bits per heavy atom. The third kappa shape index (κ3) is 3.20. The summed E-state index contributed by atoms with van der Waals surface area (Å²) in [4.78, 5) is 0.321. The molecule has 3 rings (SSSR count). The minimum Gasteiger partial charge on any atom is -0.380 e. The molecule has 0 unspecified atom stereocenters. The highest BCUT2D eigenvalue weighted by Gasteiger charge is 2.29. The first-order valence-electron chi connectivity index (χ1n) is 6.51. The van der Waals surface area contributed by atoms with E-state index in [1.807, 2.05) is 22.9 Å². The predicted octanol–water partition coefficient (Wildman–Crippen LogP) is 2.80. The maximum Gasteiger partial charge on any atom is 0.242 e. The van der Waals surface area contributed by atoms with Gasteiger partial charge >= 0.3 is 0 Å². The predicted molar refractivity (Wildman–Crippen MR) is 81.4 cm³/mol. The van der Waals surface area contributed by atoms with Gasteiger partial charge in [0.2, 0.25) is 10.0 Å². The van der Waals surface area contributed by atoms with E-state index < -0.39 is 10.0 Å². The van der Waals surface area contributed by atoms with Crippen molar-refractivity contribution in [2.75, 3.05) is 5.32 Å². The second-order valence-corrected chi connectivity index (χ2v) is 7.34. The largest absolute Gasteiger partial charge is 0.380 e. The van der Waals surface area contributed by atoms with E-state index in [0.717, 1.165) is 18.4 Å². The van der Waals surface area contributed by atoms with Gasteiger partial charge in [-0.3, -0.25) is 0 Å². The Morgan fingerprint density at radius 1 is 1.20 bits per heavy atom. The van der Waals surface area contributed by atoms with Gasteiger partial charge in [-0.1, -0.05) is 12.1 Å². The van der Waals surface area contributed by atoms with Crippen LogP contribution >= 0.6 is 11.3 Å². The van der Waals surface area contributed by atoms with E-state index in [2.05, 4.69) is 10.0 Å². The number of rotatable bonds is 6. The highest BCUT2D eigenvalue weighted by molar-refractivity contribution is 7.89. The summed E-state index contributed by atoms with van der Waals surface area (Å²) in [6, 6.07) is 9.17. The van der Waals surface area contributed by atoms with Crippen molar-refractivity contribution in [2.45, 2.75) is 30.3 Å². The highest BCUT2D eigenvalue weighted by Crippen LogP contribution is 2.26. The molecule has 0 aliphatic heterocycles. The van der Waals surface area contributed by atoms with Gasteiger partial charge in [0.15, 0.2) is 0 Å². The van der Waals surface area contributed by atoms with Crippen LogP contribution in [-0.2, 0) is 16.6 Å². The summed E-state index contributed by atoms with van der Waals surface area (Å²) in [5.41, 5.74) is 1.80. The summed E-state index contributed by atoms with van der Waals surface area (Å²) in [5.74, 6) is 0. The van der Waals surface area contributed by atoms with Crippen molar-refractivity contribution >= 4 is 27.0 Å². The van der Waals surface area contributed by atoms with E-state index in [9.17, 15) is 8.42 Å². The summed E-state index contributed by atoms with van der Waals surface area (Å²) in [5, 5.41) is 7.26. The van der Waals surface area contributed by atoms with E-state index in [0.29, 0.717) is 17.1 Å². The average Bonchev–Trinajstić information content (AvgIpc) is 3.07. The van der Waals surface area contributed by atoms with E-state index in [-0.39, 0.29) is 6.04 Å². The van der Waals surface area contributed by atoms with Crippen LogP contribution in [0.25, 0.3) is 0 Å². The third-order valence-corrected chi connectivity index (χ3v) is 5.45. The van der Waals surface area contributed by atoms with Crippen LogP contribution in [0.2, 0.25) is 0 Å². The van der Waals surface area contributed by atoms with Crippen LogP contribution in [0.15, 0.2) is 46.0 Å². The fraction of sp³-hybridized carbons (Fsp3) is 0.286. The lowest BCUT2D eigenvalue weighted by Crippen LogP contribution is -2.26. The molecular weight excluding hydrogens is 292 g/mol. The Hall–Kier alpha value is -1.37. The fourth-order valence-corrected chi connectivity index (χ4v) is 4.08. The second-order valence-electron chi connectivity index (χ2n) is 4.88. The van der Waals surface area contributed by atoms with Crippen molar-refractivity contribution in [3.05, 3.63) is 46.7 Å². The molecule has 0 spiro atoms. The molecule has 106 valence electrons. The molecule has 4 nitrogen and oxygen atoms in total. The summed E-state index contributed by atoms with van der Waals surface area (Å²) in [7, 11) is -3.43. The second kappa shape index (κ2) is 5.55. The number of hydrogen-bond acceptors (Lipinski definition) is 4. The molecule has 1 aromatic carbocycles. The highest BCUT2D eigenvalue weighted by atomic mass is 32.2. The van der Waals surface area contributed by atoms with Gasteiger partial charge in [-0.05, 0) is 47.4 Å². The van der Waals surface area contributed by atoms with Gasteiger partial charge in [0.05, 0.1) is 5.69 Å². The maximum atomic E-state index is 12.3. The quantitative estimate of drug-likeness (QED) is 0.863. The SMILES string of the molecule is O=S(=O)(NC1CC1)c1ccccc1NCc1ccsc1. The van der Waals surface area contributed by atoms with Crippen molar-refractivity contribution in [2.24, 2.45) is 0 Å². The first-order valence-corrected chi connectivity index (χ1v) is 8.94. The molecule has 0 radical (unpaired) electrons. The number of sulfonamides is 1. The zero-order valence-electron chi connectivity index (χ0n) is 10.9. The molecule has 1 fully saturated rings. The van der Waals surface area contributed by atoms with Gasteiger partial charge in [-0.2, -0.15) is 11.3 Å². The molecular formula is C14H16N2O2S2. The molecule has 1 heterocycles. The van der Waals surface area contributed by atoms with Crippen LogP contribution in [0.5, 0.6) is 0 Å². The molecule has 0 saturated heterocycles. The number of hydrogen-bond donors (Lipinski definition) is 2. The number of thiophene rings is 1. The third-order valence-electron chi connectivity index (χ3n) is 3.14. The average molecular weight is 308 g/mol. The standard InChI is InChI=1S/C14H16N2O2S2/c17-20(18,16-12-5-6-12)14-4-2-1-3-13(14)15-9-11-7-8-19-10-11/h1-4,7-8,10,12,15-16H,5-6,9H2. The lowest BCUT2D eigenvalue weighted by Gasteiger charge is -2.12. The Balaban J connectivity index is 1.80.